The predicted molar refractivity (Wildman–Crippen MR) is 98.7 cm³/mol. The van der Waals surface area contributed by atoms with Crippen LogP contribution in [0.2, 0.25) is 0 Å². The lowest BCUT2D eigenvalue weighted by Gasteiger charge is -2.30. The second-order valence-corrected chi connectivity index (χ2v) is 8.13. The maximum absolute atomic E-state index is 5.94. The van der Waals surface area contributed by atoms with Gasteiger partial charge in [0.2, 0.25) is 0 Å². The highest BCUT2D eigenvalue weighted by Gasteiger charge is 2.28. The van der Waals surface area contributed by atoms with Crippen LogP contribution in [0.4, 0.5) is 5.82 Å². The number of ether oxygens (including phenoxy) is 1. The number of hydrogen-bond acceptors (Lipinski definition) is 6. The van der Waals surface area contributed by atoms with Crippen molar-refractivity contribution < 1.29 is 4.74 Å². The van der Waals surface area contributed by atoms with E-state index < -0.39 is 0 Å². The molecule has 0 aromatic carbocycles. The van der Waals surface area contributed by atoms with E-state index in [9.17, 15) is 0 Å². The first-order valence-electron chi connectivity index (χ1n) is 8.43. The van der Waals surface area contributed by atoms with Gasteiger partial charge in [0.15, 0.2) is 0 Å². The van der Waals surface area contributed by atoms with Crippen molar-refractivity contribution in [2.24, 2.45) is 0 Å². The molecule has 0 saturated carbocycles. The van der Waals surface area contributed by atoms with E-state index in [1.54, 1.807) is 17.7 Å². The van der Waals surface area contributed by atoms with Gasteiger partial charge in [0, 0.05) is 23.4 Å². The minimum absolute atomic E-state index is 0.145. The Hall–Kier alpha value is -1.79. The Labute approximate surface area is 145 Å². The summed E-state index contributed by atoms with van der Waals surface area (Å²) in [5.41, 5.74) is 3.16. The molecule has 0 bridgehead atoms. The van der Waals surface area contributed by atoms with Gasteiger partial charge in [-0.2, -0.15) is 0 Å². The fraction of sp³-hybridized carbons (Fsp3) is 0.500. The topological polar surface area (TPSA) is 59.9 Å². The van der Waals surface area contributed by atoms with E-state index in [0.717, 1.165) is 44.8 Å². The molecule has 0 fully saturated rings. The Kier molecular flexibility index (Phi) is 3.69. The van der Waals surface area contributed by atoms with Crippen LogP contribution in [-0.4, -0.2) is 26.6 Å². The van der Waals surface area contributed by atoms with Crippen LogP contribution in [0.3, 0.4) is 0 Å². The molecule has 0 unspecified atom stereocenters. The highest BCUT2D eigenvalue weighted by atomic mass is 32.1. The van der Waals surface area contributed by atoms with E-state index in [1.165, 1.54) is 5.56 Å². The van der Waals surface area contributed by atoms with Gasteiger partial charge in [-0.25, -0.2) is 15.0 Å². The third kappa shape index (κ3) is 2.63. The number of nitrogens with one attached hydrogen (secondary N) is 1. The van der Waals surface area contributed by atoms with Crippen LogP contribution in [-0.2, 0) is 17.8 Å². The van der Waals surface area contributed by atoms with Gasteiger partial charge < -0.3 is 10.1 Å². The van der Waals surface area contributed by atoms with Crippen molar-refractivity contribution in [3.8, 4) is 0 Å². The zero-order valence-electron chi connectivity index (χ0n) is 14.5. The lowest BCUT2D eigenvalue weighted by molar-refractivity contribution is -0.0411. The van der Waals surface area contributed by atoms with Gasteiger partial charge in [0.1, 0.15) is 17.0 Å². The molecule has 126 valence electrons. The SMILES string of the molecule is CC[C@H](C)Nc1ncnc2c1sc1nc3c(cc12)COC(C)(C)C3. The number of nitrogens with zero attached hydrogens (tertiary/aromatic N) is 3. The third-order valence-electron chi connectivity index (χ3n) is 4.62. The average molecular weight is 342 g/mol. The first kappa shape index (κ1) is 15.7. The summed E-state index contributed by atoms with van der Waals surface area (Å²) in [6.45, 7) is 9.18. The van der Waals surface area contributed by atoms with Crippen LogP contribution < -0.4 is 5.32 Å². The molecule has 0 amide bonds. The van der Waals surface area contributed by atoms with Crippen molar-refractivity contribution in [1.29, 1.82) is 0 Å². The normalized spacial score (nSPS) is 17.8. The molecule has 0 radical (unpaired) electrons. The summed E-state index contributed by atoms with van der Waals surface area (Å²) in [6, 6.07) is 2.58. The number of thiophene rings is 1. The highest BCUT2D eigenvalue weighted by Crippen LogP contribution is 2.38. The Balaban J connectivity index is 1.87. The van der Waals surface area contributed by atoms with Crippen LogP contribution in [0.25, 0.3) is 20.4 Å². The minimum Gasteiger partial charge on any atom is -0.370 e. The van der Waals surface area contributed by atoms with Crippen LogP contribution in [0, 0.1) is 0 Å². The van der Waals surface area contributed by atoms with Crippen molar-refractivity contribution in [3.63, 3.8) is 0 Å². The lowest BCUT2D eigenvalue weighted by Crippen LogP contribution is -2.32. The lowest BCUT2D eigenvalue weighted by atomic mass is 9.95. The molecule has 1 aliphatic heterocycles. The van der Waals surface area contributed by atoms with Gasteiger partial charge in [-0.15, -0.1) is 11.3 Å². The Bertz CT molecular complexity index is 918. The van der Waals surface area contributed by atoms with Gasteiger partial charge in [0.25, 0.3) is 0 Å². The first-order chi connectivity index (χ1) is 11.5. The fourth-order valence-electron chi connectivity index (χ4n) is 3.02. The summed E-state index contributed by atoms with van der Waals surface area (Å²) in [5.74, 6) is 0.909. The van der Waals surface area contributed by atoms with Gasteiger partial charge in [-0.3, -0.25) is 0 Å². The van der Waals surface area contributed by atoms with Crippen molar-refractivity contribution >= 4 is 37.6 Å². The van der Waals surface area contributed by atoms with Crippen LogP contribution >= 0.6 is 11.3 Å². The summed E-state index contributed by atoms with van der Waals surface area (Å²) in [4.78, 5) is 14.9. The molecule has 6 heteroatoms. The van der Waals surface area contributed by atoms with Gasteiger partial charge in [-0.05, 0) is 33.3 Å². The molecule has 4 rings (SSSR count). The van der Waals surface area contributed by atoms with E-state index in [-0.39, 0.29) is 5.60 Å². The maximum Gasteiger partial charge on any atom is 0.147 e. The molecular weight excluding hydrogens is 320 g/mol. The molecule has 5 nitrogen and oxygen atoms in total. The summed E-state index contributed by atoms with van der Waals surface area (Å²) in [5, 5.41) is 4.59. The molecule has 0 spiro atoms. The standard InChI is InChI=1S/C18H22N4OS/c1-5-10(2)21-16-15-14(19-9-20-16)12-6-11-8-23-18(3,4)7-13(11)22-17(12)24-15/h6,9-10H,5,7-8H2,1-4H3,(H,19,20,21)/t10-/m0/s1. The second-order valence-electron chi connectivity index (χ2n) is 7.13. The summed E-state index contributed by atoms with van der Waals surface area (Å²) >= 11 is 1.67. The van der Waals surface area contributed by atoms with E-state index in [4.69, 9.17) is 9.72 Å². The first-order valence-corrected chi connectivity index (χ1v) is 9.25. The number of rotatable bonds is 3. The van der Waals surface area contributed by atoms with Crippen molar-refractivity contribution in [2.75, 3.05) is 5.32 Å². The van der Waals surface area contributed by atoms with Gasteiger partial charge in [0.05, 0.1) is 28.1 Å². The Morgan fingerprint density at radius 1 is 1.38 bits per heavy atom. The smallest absolute Gasteiger partial charge is 0.147 e. The number of anilines is 1. The second kappa shape index (κ2) is 5.63. The highest BCUT2D eigenvalue weighted by molar-refractivity contribution is 7.25. The largest absolute Gasteiger partial charge is 0.370 e. The van der Waals surface area contributed by atoms with E-state index in [0.29, 0.717) is 12.6 Å². The number of fused-ring (bicyclic) bond motifs is 4. The molecule has 3 aromatic rings. The van der Waals surface area contributed by atoms with Crippen LogP contribution in [0.15, 0.2) is 12.4 Å². The van der Waals surface area contributed by atoms with Crippen LogP contribution in [0.1, 0.15) is 45.4 Å². The molecule has 0 aliphatic carbocycles. The zero-order chi connectivity index (χ0) is 16.9. The van der Waals surface area contributed by atoms with Crippen molar-refractivity contribution in [2.45, 2.75) is 58.8 Å². The van der Waals surface area contributed by atoms with E-state index in [2.05, 4.69) is 49.0 Å². The zero-order valence-corrected chi connectivity index (χ0v) is 15.3. The van der Waals surface area contributed by atoms with Crippen molar-refractivity contribution in [3.05, 3.63) is 23.7 Å². The summed E-state index contributed by atoms with van der Waals surface area (Å²) in [6.07, 6.45) is 3.53. The summed E-state index contributed by atoms with van der Waals surface area (Å²) in [7, 11) is 0. The number of aromatic nitrogens is 3. The molecule has 1 atom stereocenters. The quantitative estimate of drug-likeness (QED) is 0.769. The van der Waals surface area contributed by atoms with E-state index in [1.807, 2.05) is 0 Å². The predicted octanol–water partition coefficient (Wildman–Crippen LogP) is 4.30. The monoisotopic (exact) mass is 342 g/mol. The molecule has 24 heavy (non-hydrogen) atoms. The Morgan fingerprint density at radius 3 is 3.00 bits per heavy atom. The molecule has 4 heterocycles. The van der Waals surface area contributed by atoms with E-state index >= 15 is 0 Å². The molecule has 3 aromatic heterocycles. The molecule has 1 N–H and O–H groups in total. The average Bonchev–Trinajstić information content (AvgIpc) is 2.90. The van der Waals surface area contributed by atoms with Gasteiger partial charge in [-0.1, -0.05) is 6.92 Å². The molecule has 1 aliphatic rings. The van der Waals surface area contributed by atoms with Gasteiger partial charge >= 0.3 is 0 Å². The number of hydrogen-bond donors (Lipinski definition) is 1. The van der Waals surface area contributed by atoms with Crippen LogP contribution in [0.5, 0.6) is 0 Å². The Morgan fingerprint density at radius 2 is 2.21 bits per heavy atom. The maximum atomic E-state index is 5.94. The number of pyridine rings is 1. The molecule has 0 saturated heterocycles. The third-order valence-corrected chi connectivity index (χ3v) is 5.72. The minimum atomic E-state index is -0.145. The summed E-state index contributed by atoms with van der Waals surface area (Å²) < 4.78 is 7.02. The van der Waals surface area contributed by atoms with Crippen molar-refractivity contribution in [1.82, 2.24) is 15.0 Å². The molecular formula is C18H22N4OS. The fourth-order valence-corrected chi connectivity index (χ4v) is 4.11.